The molecule has 2 N–H and O–H groups in total. The number of nitrogens with one attached hydrogen (secondary N) is 2. The number of methoxy groups -OCH3 is 1. The van der Waals surface area contributed by atoms with E-state index in [-0.39, 0.29) is 0 Å². The van der Waals surface area contributed by atoms with E-state index in [2.05, 4.69) is 43.5 Å². The standard InChI is InChI=1S/C26H28F2N6O2/c1-33-11-13-34(14-12-33)19-7-8-22(23(15-19)36-2)32-25-29-10-9-21(31-25)17-3-5-18(6-4-17)30-24(35)20-16-26(20,27)28/h3-10,15,20H,11-14,16H2,1-2H3,(H,30,35)(H,29,31,32)/t20-/m0/s1. The van der Waals surface area contributed by atoms with E-state index in [1.54, 1.807) is 43.6 Å². The van der Waals surface area contributed by atoms with E-state index in [9.17, 15) is 13.6 Å². The fraction of sp³-hybridized carbons (Fsp3) is 0.346. The summed E-state index contributed by atoms with van der Waals surface area (Å²) in [5.74, 6) is -3.68. The zero-order valence-electron chi connectivity index (χ0n) is 20.2. The summed E-state index contributed by atoms with van der Waals surface area (Å²) in [4.78, 5) is 25.5. The van der Waals surface area contributed by atoms with Crippen LogP contribution in [0.2, 0.25) is 0 Å². The maximum atomic E-state index is 13.1. The molecule has 2 aromatic carbocycles. The van der Waals surface area contributed by atoms with Gasteiger partial charge in [-0.25, -0.2) is 18.7 Å². The minimum Gasteiger partial charge on any atom is -0.494 e. The molecule has 1 atom stereocenters. The summed E-state index contributed by atoms with van der Waals surface area (Å²) in [6, 6.07) is 14.7. The number of nitrogens with zero attached hydrogens (tertiary/aromatic N) is 4. The normalized spacial score (nSPS) is 19.0. The number of benzene rings is 2. The Kier molecular flexibility index (Phi) is 6.44. The van der Waals surface area contributed by atoms with Crippen LogP contribution < -0.4 is 20.3 Å². The Labute approximate surface area is 208 Å². The number of amides is 1. The Bertz CT molecular complexity index is 1250. The number of aromatic nitrogens is 2. The van der Waals surface area contributed by atoms with Gasteiger partial charge in [0.15, 0.2) is 0 Å². The number of rotatable bonds is 7. The maximum absolute atomic E-state index is 13.1. The first-order valence-corrected chi connectivity index (χ1v) is 11.8. The SMILES string of the molecule is COc1cc(N2CCN(C)CC2)ccc1Nc1nccc(-c2ccc(NC(=O)[C@@H]3CC3(F)F)cc2)n1. The molecular formula is C26H28F2N6O2. The first-order chi connectivity index (χ1) is 17.3. The summed E-state index contributed by atoms with van der Waals surface area (Å²) in [6.07, 6.45) is 1.26. The van der Waals surface area contributed by atoms with Crippen molar-refractivity contribution in [1.29, 1.82) is 0 Å². The molecule has 188 valence electrons. The van der Waals surface area contributed by atoms with E-state index in [1.807, 2.05) is 12.1 Å². The van der Waals surface area contributed by atoms with E-state index in [4.69, 9.17) is 4.74 Å². The molecule has 36 heavy (non-hydrogen) atoms. The van der Waals surface area contributed by atoms with Crippen molar-refractivity contribution in [2.75, 3.05) is 55.9 Å². The molecule has 1 amide bonds. The summed E-state index contributed by atoms with van der Waals surface area (Å²) in [6.45, 7) is 3.97. The zero-order chi connectivity index (χ0) is 25.3. The van der Waals surface area contributed by atoms with Crippen molar-refractivity contribution >= 4 is 28.9 Å². The minimum absolute atomic E-state index is 0.392. The number of likely N-dealkylation sites (N-methyl/N-ethyl adjacent to an activating group) is 1. The van der Waals surface area contributed by atoms with Gasteiger partial charge in [0.2, 0.25) is 11.9 Å². The van der Waals surface area contributed by atoms with Gasteiger partial charge in [0.1, 0.15) is 11.7 Å². The van der Waals surface area contributed by atoms with Crippen LogP contribution in [0.4, 0.5) is 31.8 Å². The third kappa shape index (κ3) is 5.23. The number of piperazine rings is 1. The smallest absolute Gasteiger partial charge is 0.260 e. The van der Waals surface area contributed by atoms with Gasteiger partial charge in [0.25, 0.3) is 5.92 Å². The highest BCUT2D eigenvalue weighted by Crippen LogP contribution is 2.49. The Hall–Kier alpha value is -3.79. The largest absolute Gasteiger partial charge is 0.494 e. The van der Waals surface area contributed by atoms with Gasteiger partial charge in [-0.15, -0.1) is 0 Å². The number of ether oxygens (including phenoxy) is 1. The lowest BCUT2D eigenvalue weighted by molar-refractivity contribution is -0.119. The second-order valence-corrected chi connectivity index (χ2v) is 9.15. The summed E-state index contributed by atoms with van der Waals surface area (Å²) in [5, 5.41) is 5.77. The third-order valence-corrected chi connectivity index (χ3v) is 6.55. The van der Waals surface area contributed by atoms with Gasteiger partial charge in [-0.2, -0.15) is 0 Å². The quantitative estimate of drug-likeness (QED) is 0.508. The molecule has 0 radical (unpaired) electrons. The number of carbonyl (C=O) groups is 1. The lowest BCUT2D eigenvalue weighted by Crippen LogP contribution is -2.44. The molecule has 8 nitrogen and oxygen atoms in total. The van der Waals surface area contributed by atoms with Crippen LogP contribution in [0.1, 0.15) is 6.42 Å². The molecule has 0 bridgehead atoms. The molecular weight excluding hydrogens is 466 g/mol. The lowest BCUT2D eigenvalue weighted by atomic mass is 10.1. The second-order valence-electron chi connectivity index (χ2n) is 9.15. The molecule has 0 spiro atoms. The molecule has 5 rings (SSSR count). The molecule has 2 aliphatic rings. The number of alkyl halides is 2. The summed E-state index contributed by atoms with van der Waals surface area (Å²) < 4.78 is 31.8. The van der Waals surface area contributed by atoms with Crippen molar-refractivity contribution in [3.63, 3.8) is 0 Å². The van der Waals surface area contributed by atoms with Gasteiger partial charge in [-0.3, -0.25) is 4.79 Å². The van der Waals surface area contributed by atoms with Crippen LogP contribution in [0.5, 0.6) is 5.75 Å². The van der Waals surface area contributed by atoms with Crippen molar-refractivity contribution in [2.24, 2.45) is 5.92 Å². The average Bonchev–Trinajstić information content (AvgIpc) is 3.53. The Morgan fingerprint density at radius 2 is 1.81 bits per heavy atom. The second kappa shape index (κ2) is 9.69. The third-order valence-electron chi connectivity index (χ3n) is 6.55. The van der Waals surface area contributed by atoms with Crippen molar-refractivity contribution in [1.82, 2.24) is 14.9 Å². The van der Waals surface area contributed by atoms with Crippen LogP contribution in [0.3, 0.4) is 0 Å². The highest BCUT2D eigenvalue weighted by molar-refractivity contribution is 5.95. The minimum atomic E-state index is -2.89. The average molecular weight is 495 g/mol. The molecule has 3 aromatic rings. The summed E-state index contributed by atoms with van der Waals surface area (Å²) in [5.41, 5.74) is 3.80. The highest BCUT2D eigenvalue weighted by Gasteiger charge is 2.61. The van der Waals surface area contributed by atoms with Gasteiger partial charge < -0.3 is 25.2 Å². The van der Waals surface area contributed by atoms with Crippen LogP contribution in [0, 0.1) is 5.92 Å². The first-order valence-electron chi connectivity index (χ1n) is 11.8. The van der Waals surface area contributed by atoms with E-state index >= 15 is 0 Å². The van der Waals surface area contributed by atoms with Gasteiger partial charge in [-0.05, 0) is 37.4 Å². The molecule has 1 saturated carbocycles. The van der Waals surface area contributed by atoms with Gasteiger partial charge >= 0.3 is 0 Å². The van der Waals surface area contributed by atoms with E-state index in [0.29, 0.717) is 23.1 Å². The van der Waals surface area contributed by atoms with Crippen LogP contribution in [0.25, 0.3) is 11.3 Å². The van der Waals surface area contributed by atoms with Crippen LogP contribution in [-0.2, 0) is 4.79 Å². The Morgan fingerprint density at radius 3 is 2.47 bits per heavy atom. The van der Waals surface area contributed by atoms with Gasteiger partial charge in [0, 0.05) is 61.8 Å². The highest BCUT2D eigenvalue weighted by atomic mass is 19.3. The van der Waals surface area contributed by atoms with Gasteiger partial charge in [-0.1, -0.05) is 12.1 Å². The van der Waals surface area contributed by atoms with Crippen LogP contribution in [-0.4, -0.2) is 67.0 Å². The molecule has 2 fully saturated rings. The number of hydrogen-bond donors (Lipinski definition) is 2. The first kappa shape index (κ1) is 23.9. The molecule has 1 saturated heterocycles. The summed E-state index contributed by atoms with van der Waals surface area (Å²) >= 11 is 0. The number of halogens is 2. The zero-order valence-corrected chi connectivity index (χ0v) is 20.2. The topological polar surface area (TPSA) is 82.6 Å². The lowest BCUT2D eigenvalue weighted by Gasteiger charge is -2.34. The Balaban J connectivity index is 1.27. The molecule has 1 aliphatic carbocycles. The number of hydrogen-bond acceptors (Lipinski definition) is 7. The van der Waals surface area contributed by atoms with E-state index in [1.165, 1.54) is 0 Å². The fourth-order valence-electron chi connectivity index (χ4n) is 4.20. The van der Waals surface area contributed by atoms with E-state index < -0.39 is 24.2 Å². The Morgan fingerprint density at radius 1 is 1.08 bits per heavy atom. The fourth-order valence-corrected chi connectivity index (χ4v) is 4.20. The van der Waals surface area contributed by atoms with Crippen molar-refractivity contribution < 1.29 is 18.3 Å². The van der Waals surface area contributed by atoms with Crippen LogP contribution in [0.15, 0.2) is 54.7 Å². The molecule has 0 unspecified atom stereocenters. The van der Waals surface area contributed by atoms with E-state index in [0.717, 1.165) is 43.1 Å². The predicted molar refractivity (Wildman–Crippen MR) is 135 cm³/mol. The molecule has 1 aromatic heterocycles. The van der Waals surface area contributed by atoms with Crippen LogP contribution >= 0.6 is 0 Å². The number of carbonyl (C=O) groups excluding carboxylic acids is 1. The van der Waals surface area contributed by atoms with Gasteiger partial charge in [0.05, 0.1) is 18.5 Å². The summed E-state index contributed by atoms with van der Waals surface area (Å²) in [7, 11) is 3.76. The molecule has 10 heteroatoms. The van der Waals surface area contributed by atoms with Crippen molar-refractivity contribution in [2.45, 2.75) is 12.3 Å². The maximum Gasteiger partial charge on any atom is 0.260 e. The van der Waals surface area contributed by atoms with Crippen molar-refractivity contribution in [3.05, 3.63) is 54.7 Å². The monoisotopic (exact) mass is 494 g/mol. The number of anilines is 4. The predicted octanol–water partition coefficient (Wildman–Crippen LogP) is 4.24. The van der Waals surface area contributed by atoms with Crippen molar-refractivity contribution in [3.8, 4) is 17.0 Å². The molecule has 2 heterocycles. The molecule has 1 aliphatic heterocycles.